The summed E-state index contributed by atoms with van der Waals surface area (Å²) >= 11 is 0. The molecule has 1 unspecified atom stereocenters. The molecule has 116 valence electrons. The molecule has 1 aliphatic rings. The van der Waals surface area contributed by atoms with Crippen molar-refractivity contribution >= 4 is 16.9 Å². The first kappa shape index (κ1) is 14.8. The Morgan fingerprint density at radius 2 is 2.09 bits per heavy atom. The number of fused-ring (bicyclic) bond motifs is 1. The highest BCUT2D eigenvalue weighted by molar-refractivity contribution is 5.87. The molecule has 1 saturated heterocycles. The minimum Gasteiger partial charge on any atom is -0.330 e. The number of allylic oxidation sites excluding steroid dienone is 1. The van der Waals surface area contributed by atoms with Crippen molar-refractivity contribution in [1.82, 2.24) is 14.9 Å². The van der Waals surface area contributed by atoms with Crippen LogP contribution in [0.4, 0.5) is 0 Å². The van der Waals surface area contributed by atoms with E-state index < -0.39 is 0 Å². The van der Waals surface area contributed by atoms with Crippen LogP contribution in [-0.4, -0.2) is 15.5 Å². The summed E-state index contributed by atoms with van der Waals surface area (Å²) in [6, 6.07) is 6.26. The van der Waals surface area contributed by atoms with E-state index in [0.717, 1.165) is 35.4 Å². The van der Waals surface area contributed by atoms with Crippen molar-refractivity contribution in [3.8, 4) is 0 Å². The van der Waals surface area contributed by atoms with E-state index >= 15 is 0 Å². The second kappa shape index (κ2) is 4.97. The van der Waals surface area contributed by atoms with Crippen LogP contribution in [0.5, 0.6) is 0 Å². The van der Waals surface area contributed by atoms with Crippen LogP contribution in [0.1, 0.15) is 50.9 Å². The predicted octanol–water partition coefficient (Wildman–Crippen LogP) is 3.38. The second-order valence-electron chi connectivity index (χ2n) is 7.14. The Hall–Kier alpha value is -2.10. The highest BCUT2D eigenvalue weighted by atomic mass is 16.2. The Balaban J connectivity index is 2.14. The number of aryl methyl sites for hydroxylation is 1. The summed E-state index contributed by atoms with van der Waals surface area (Å²) in [5.41, 5.74) is 4.13. The Morgan fingerprint density at radius 1 is 1.36 bits per heavy atom. The molecule has 4 nitrogen and oxygen atoms in total. The number of amides is 1. The van der Waals surface area contributed by atoms with E-state index in [1.807, 2.05) is 7.05 Å². The number of benzene rings is 1. The highest BCUT2D eigenvalue weighted by Crippen LogP contribution is 2.33. The lowest BCUT2D eigenvalue weighted by Crippen LogP contribution is -2.34. The fourth-order valence-electron chi connectivity index (χ4n) is 3.17. The van der Waals surface area contributed by atoms with Crippen LogP contribution >= 0.6 is 0 Å². The van der Waals surface area contributed by atoms with Gasteiger partial charge in [0.15, 0.2) is 0 Å². The van der Waals surface area contributed by atoms with Crippen molar-refractivity contribution in [2.75, 3.05) is 0 Å². The second-order valence-corrected chi connectivity index (χ2v) is 7.14. The number of hydrogen-bond donors (Lipinski definition) is 1. The van der Waals surface area contributed by atoms with Gasteiger partial charge in [-0.25, -0.2) is 4.98 Å². The Bertz CT molecular complexity index is 764. The van der Waals surface area contributed by atoms with Gasteiger partial charge in [-0.3, -0.25) is 4.79 Å². The summed E-state index contributed by atoms with van der Waals surface area (Å²) in [5, 5.41) is 2.86. The number of para-hydroxylation sites is 1. The Labute approximate surface area is 131 Å². The molecule has 1 amide bonds. The molecule has 1 atom stereocenters. The fraction of sp³-hybridized carbons (Fsp3) is 0.444. The summed E-state index contributed by atoms with van der Waals surface area (Å²) in [7, 11) is 1.99. The number of imidazole rings is 1. The molecular weight excluding hydrogens is 274 g/mol. The number of aromatic nitrogens is 2. The zero-order valence-corrected chi connectivity index (χ0v) is 13.7. The molecule has 0 aliphatic carbocycles. The van der Waals surface area contributed by atoms with Gasteiger partial charge in [-0.2, -0.15) is 0 Å². The minimum atomic E-state index is -0.198. The third-order valence-corrected chi connectivity index (χ3v) is 4.42. The van der Waals surface area contributed by atoms with Crippen molar-refractivity contribution in [2.45, 2.75) is 44.9 Å². The third-order valence-electron chi connectivity index (χ3n) is 4.42. The quantitative estimate of drug-likeness (QED) is 0.877. The first-order valence-electron chi connectivity index (χ1n) is 7.73. The van der Waals surface area contributed by atoms with Gasteiger partial charge in [0.25, 0.3) is 0 Å². The van der Waals surface area contributed by atoms with Crippen LogP contribution < -0.4 is 5.32 Å². The number of rotatable bonds is 1. The van der Waals surface area contributed by atoms with Crippen molar-refractivity contribution in [1.29, 1.82) is 0 Å². The molecule has 0 radical (unpaired) electrons. The number of nitrogens with one attached hydrogen (secondary N) is 1. The van der Waals surface area contributed by atoms with Crippen molar-refractivity contribution < 1.29 is 4.79 Å². The molecule has 2 aromatic rings. The molecular formula is C18H23N3O. The van der Waals surface area contributed by atoms with Gasteiger partial charge in [0.05, 0.1) is 17.0 Å². The van der Waals surface area contributed by atoms with Crippen molar-refractivity contribution in [2.24, 2.45) is 7.05 Å². The summed E-state index contributed by atoms with van der Waals surface area (Å²) < 4.78 is 2.06. The number of nitrogens with zero attached hydrogens (tertiary/aromatic N) is 2. The molecule has 2 heterocycles. The lowest BCUT2D eigenvalue weighted by atomic mass is 9.86. The van der Waals surface area contributed by atoms with E-state index in [-0.39, 0.29) is 17.2 Å². The molecule has 22 heavy (non-hydrogen) atoms. The van der Waals surface area contributed by atoms with Gasteiger partial charge in [-0.1, -0.05) is 39.5 Å². The van der Waals surface area contributed by atoms with Crippen LogP contribution in [0, 0.1) is 0 Å². The smallest absolute Gasteiger partial charge is 0.234 e. The highest BCUT2D eigenvalue weighted by Gasteiger charge is 2.30. The lowest BCUT2D eigenvalue weighted by Gasteiger charge is -2.23. The van der Waals surface area contributed by atoms with Gasteiger partial charge in [0, 0.05) is 12.7 Å². The van der Waals surface area contributed by atoms with Crippen LogP contribution in [-0.2, 0) is 17.3 Å². The summed E-state index contributed by atoms with van der Waals surface area (Å²) in [6.45, 7) is 10.4. The standard InChI is InChI=1S/C18H23N3O/c1-11-9-10-12(17(22)19-11)16-20-15-13(18(2,3)4)7-6-8-14(15)21(16)5/h6-8,12H,1,9-10H2,2-5H3,(H,19,22). The number of piperidine rings is 1. The van der Waals surface area contributed by atoms with E-state index in [1.54, 1.807) is 0 Å². The molecule has 0 saturated carbocycles. The van der Waals surface area contributed by atoms with Crippen molar-refractivity contribution in [3.63, 3.8) is 0 Å². The molecule has 1 fully saturated rings. The molecule has 1 aromatic carbocycles. The van der Waals surface area contributed by atoms with Crippen LogP contribution in [0.15, 0.2) is 30.5 Å². The van der Waals surface area contributed by atoms with Gasteiger partial charge in [-0.05, 0) is 29.9 Å². The molecule has 1 aliphatic heterocycles. The summed E-state index contributed by atoms with van der Waals surface area (Å²) in [6.07, 6.45) is 1.58. The van der Waals surface area contributed by atoms with E-state index in [4.69, 9.17) is 4.98 Å². The molecule has 0 spiro atoms. The Morgan fingerprint density at radius 3 is 2.73 bits per heavy atom. The average Bonchev–Trinajstić information content (AvgIpc) is 2.75. The van der Waals surface area contributed by atoms with Gasteiger partial charge < -0.3 is 9.88 Å². The first-order valence-corrected chi connectivity index (χ1v) is 7.73. The molecule has 1 N–H and O–H groups in total. The number of carbonyl (C=O) groups is 1. The first-order chi connectivity index (χ1) is 10.3. The SMILES string of the molecule is C=C1CCC(c2nc3c(C(C)(C)C)cccc3n2C)C(=O)N1. The number of hydrogen-bond acceptors (Lipinski definition) is 2. The topological polar surface area (TPSA) is 46.9 Å². The zero-order chi connectivity index (χ0) is 16.1. The monoisotopic (exact) mass is 297 g/mol. The van der Waals surface area contributed by atoms with Gasteiger partial charge in [0.1, 0.15) is 5.82 Å². The van der Waals surface area contributed by atoms with E-state index in [2.05, 4.69) is 55.4 Å². The van der Waals surface area contributed by atoms with Gasteiger partial charge in [-0.15, -0.1) is 0 Å². The summed E-state index contributed by atoms with van der Waals surface area (Å²) in [5.74, 6) is 0.652. The minimum absolute atomic E-state index is 0.00645. The zero-order valence-electron chi connectivity index (χ0n) is 13.7. The predicted molar refractivity (Wildman–Crippen MR) is 88.7 cm³/mol. The molecule has 3 rings (SSSR count). The van der Waals surface area contributed by atoms with E-state index in [1.165, 1.54) is 5.56 Å². The van der Waals surface area contributed by atoms with Gasteiger partial charge in [0.2, 0.25) is 5.91 Å². The maximum atomic E-state index is 12.3. The average molecular weight is 297 g/mol. The lowest BCUT2D eigenvalue weighted by molar-refractivity contribution is -0.123. The fourth-order valence-corrected chi connectivity index (χ4v) is 3.17. The van der Waals surface area contributed by atoms with E-state index in [9.17, 15) is 4.79 Å². The normalized spacial score (nSPS) is 19.5. The van der Waals surface area contributed by atoms with Crippen LogP contribution in [0.3, 0.4) is 0 Å². The number of carbonyl (C=O) groups excluding carboxylic acids is 1. The van der Waals surface area contributed by atoms with Gasteiger partial charge >= 0.3 is 0 Å². The molecule has 1 aromatic heterocycles. The molecule has 4 heteroatoms. The van der Waals surface area contributed by atoms with Crippen molar-refractivity contribution in [3.05, 3.63) is 41.9 Å². The largest absolute Gasteiger partial charge is 0.330 e. The third kappa shape index (κ3) is 2.32. The van der Waals surface area contributed by atoms with Crippen LogP contribution in [0.2, 0.25) is 0 Å². The summed E-state index contributed by atoms with van der Waals surface area (Å²) in [4.78, 5) is 17.1. The Kier molecular flexibility index (Phi) is 3.35. The van der Waals surface area contributed by atoms with Crippen LogP contribution in [0.25, 0.3) is 11.0 Å². The maximum Gasteiger partial charge on any atom is 0.234 e. The van der Waals surface area contributed by atoms with E-state index in [0.29, 0.717) is 0 Å². The maximum absolute atomic E-state index is 12.3. The molecule has 0 bridgehead atoms.